The monoisotopic (exact) mass is 283 g/mol. The molecule has 0 aliphatic rings. The number of hydrogen-bond donors (Lipinski definition) is 1. The lowest BCUT2D eigenvalue weighted by Gasteiger charge is -1.99. The molecule has 1 N–H and O–H groups in total. The predicted molar refractivity (Wildman–Crippen MR) is 78.4 cm³/mol. The normalized spacial score (nSPS) is 12.2. The Kier molecular flexibility index (Phi) is 3.69. The van der Waals surface area contributed by atoms with Crippen LogP contribution in [-0.4, -0.2) is 19.2 Å². The number of hydrogen-bond acceptors (Lipinski definition) is 3. The summed E-state index contributed by atoms with van der Waals surface area (Å²) in [5.41, 5.74) is 2.69. The number of imidazole rings is 1. The number of nitrogens with zero attached hydrogens (tertiary/aromatic N) is 2. The van der Waals surface area contributed by atoms with Crippen LogP contribution in [0.25, 0.3) is 11.3 Å². The van der Waals surface area contributed by atoms with Gasteiger partial charge in [0.2, 0.25) is 0 Å². The Labute approximate surface area is 119 Å². The van der Waals surface area contributed by atoms with E-state index >= 15 is 0 Å². The third kappa shape index (κ3) is 2.83. The van der Waals surface area contributed by atoms with E-state index in [-0.39, 0.29) is 0 Å². The molecule has 0 aliphatic carbocycles. The van der Waals surface area contributed by atoms with Crippen LogP contribution in [0, 0.1) is 0 Å². The lowest BCUT2D eigenvalue weighted by molar-refractivity contribution is 0.676. The van der Waals surface area contributed by atoms with E-state index in [4.69, 9.17) is 0 Å². The van der Waals surface area contributed by atoms with E-state index in [1.165, 1.54) is 0 Å². The maximum absolute atomic E-state index is 12.2. The Morgan fingerprint density at radius 3 is 2.55 bits per heavy atom. The Hall–Kier alpha value is -2.27. The second kappa shape index (κ2) is 5.79. The van der Waals surface area contributed by atoms with Gasteiger partial charge >= 0.3 is 0 Å². The first-order valence-corrected chi connectivity index (χ1v) is 7.53. The highest BCUT2D eigenvalue weighted by Gasteiger charge is 2.10. The van der Waals surface area contributed by atoms with Gasteiger partial charge in [0.15, 0.2) is 5.16 Å². The van der Waals surface area contributed by atoms with Gasteiger partial charge in [0.1, 0.15) is 0 Å². The van der Waals surface area contributed by atoms with E-state index in [2.05, 4.69) is 15.0 Å². The standard InChI is InChI=1S/C15H13N3OS/c19-20(11-13-8-4-5-9-16-13)15-17-10-14(18-15)12-6-2-1-3-7-12/h1-10H,11H2,(H,17,18). The number of nitrogens with one attached hydrogen (secondary N) is 1. The summed E-state index contributed by atoms with van der Waals surface area (Å²) in [4.78, 5) is 11.5. The van der Waals surface area contributed by atoms with E-state index in [9.17, 15) is 4.21 Å². The molecular weight excluding hydrogens is 270 g/mol. The topological polar surface area (TPSA) is 58.6 Å². The minimum Gasteiger partial charge on any atom is -0.331 e. The molecule has 0 fully saturated rings. The molecule has 0 aliphatic heterocycles. The molecule has 2 heterocycles. The van der Waals surface area contributed by atoms with Gasteiger partial charge in [-0.05, 0) is 17.7 Å². The molecule has 0 radical (unpaired) electrons. The average molecular weight is 283 g/mol. The molecule has 0 saturated heterocycles. The lowest BCUT2D eigenvalue weighted by Crippen LogP contribution is -2.00. The van der Waals surface area contributed by atoms with Crippen LogP contribution in [0.3, 0.4) is 0 Å². The van der Waals surface area contributed by atoms with Crippen molar-refractivity contribution >= 4 is 10.8 Å². The van der Waals surface area contributed by atoms with Crippen LogP contribution >= 0.6 is 0 Å². The first-order valence-electron chi connectivity index (χ1n) is 6.21. The number of aromatic nitrogens is 3. The van der Waals surface area contributed by atoms with Gasteiger partial charge in [0.05, 0.1) is 34.1 Å². The maximum Gasteiger partial charge on any atom is 0.197 e. The van der Waals surface area contributed by atoms with Crippen LogP contribution in [0.4, 0.5) is 0 Å². The summed E-state index contributed by atoms with van der Waals surface area (Å²) in [6.45, 7) is 0. The molecule has 1 atom stereocenters. The maximum atomic E-state index is 12.2. The molecule has 1 aromatic carbocycles. The van der Waals surface area contributed by atoms with Crippen molar-refractivity contribution in [3.63, 3.8) is 0 Å². The van der Waals surface area contributed by atoms with Crippen molar-refractivity contribution in [3.05, 3.63) is 66.6 Å². The fourth-order valence-electron chi connectivity index (χ4n) is 1.87. The van der Waals surface area contributed by atoms with Crippen molar-refractivity contribution < 1.29 is 4.21 Å². The number of benzene rings is 1. The number of rotatable bonds is 4. The molecule has 4 nitrogen and oxygen atoms in total. The van der Waals surface area contributed by atoms with Gasteiger partial charge in [-0.15, -0.1) is 0 Å². The van der Waals surface area contributed by atoms with E-state index in [1.54, 1.807) is 12.4 Å². The van der Waals surface area contributed by atoms with Crippen LogP contribution in [0.15, 0.2) is 66.1 Å². The lowest BCUT2D eigenvalue weighted by atomic mass is 10.2. The molecule has 0 amide bonds. The number of H-pyrrole nitrogens is 1. The molecule has 1 unspecified atom stereocenters. The van der Waals surface area contributed by atoms with Crippen molar-refractivity contribution in [1.29, 1.82) is 0 Å². The SMILES string of the molecule is O=S(Cc1ccccn1)c1ncc(-c2ccccc2)[nH]1. The second-order valence-electron chi connectivity index (χ2n) is 4.28. The highest BCUT2D eigenvalue weighted by atomic mass is 32.2. The van der Waals surface area contributed by atoms with Gasteiger partial charge in [0, 0.05) is 6.20 Å². The quantitative estimate of drug-likeness (QED) is 0.801. The van der Waals surface area contributed by atoms with Crippen molar-refractivity contribution in [2.75, 3.05) is 0 Å². The van der Waals surface area contributed by atoms with Gasteiger partial charge in [-0.3, -0.25) is 9.19 Å². The minimum absolute atomic E-state index is 0.364. The van der Waals surface area contributed by atoms with Crippen LogP contribution in [0.5, 0.6) is 0 Å². The summed E-state index contributed by atoms with van der Waals surface area (Å²) in [7, 11) is -1.22. The zero-order valence-electron chi connectivity index (χ0n) is 10.7. The molecule has 3 rings (SSSR count). The van der Waals surface area contributed by atoms with Gasteiger partial charge in [-0.25, -0.2) is 4.98 Å². The summed E-state index contributed by atoms with van der Waals surface area (Å²) < 4.78 is 12.2. The van der Waals surface area contributed by atoms with E-state index < -0.39 is 10.8 Å². The smallest absolute Gasteiger partial charge is 0.197 e. The molecule has 2 aromatic heterocycles. The van der Waals surface area contributed by atoms with Gasteiger partial charge < -0.3 is 4.98 Å². The molecule has 100 valence electrons. The molecule has 5 heteroatoms. The Bertz CT molecular complexity index is 710. The van der Waals surface area contributed by atoms with E-state index in [0.29, 0.717) is 10.9 Å². The average Bonchev–Trinajstić information content (AvgIpc) is 2.99. The minimum atomic E-state index is -1.22. The molecule has 3 aromatic rings. The highest BCUT2D eigenvalue weighted by Crippen LogP contribution is 2.18. The summed E-state index contributed by atoms with van der Waals surface area (Å²) in [6, 6.07) is 15.4. The van der Waals surface area contributed by atoms with Crippen LogP contribution in [0.1, 0.15) is 5.69 Å². The van der Waals surface area contributed by atoms with Crippen molar-refractivity contribution in [3.8, 4) is 11.3 Å². The van der Waals surface area contributed by atoms with Crippen molar-refractivity contribution in [1.82, 2.24) is 15.0 Å². The molecule has 0 bridgehead atoms. The Morgan fingerprint density at radius 2 is 1.80 bits per heavy atom. The molecule has 0 spiro atoms. The molecular formula is C15H13N3OS. The number of aromatic amines is 1. The Morgan fingerprint density at radius 1 is 1.00 bits per heavy atom. The van der Waals surface area contributed by atoms with E-state index in [1.807, 2.05) is 48.5 Å². The summed E-state index contributed by atoms with van der Waals surface area (Å²) >= 11 is 0. The van der Waals surface area contributed by atoms with Gasteiger partial charge in [-0.2, -0.15) is 0 Å². The van der Waals surface area contributed by atoms with Gasteiger partial charge in [0.25, 0.3) is 0 Å². The predicted octanol–water partition coefficient (Wildman–Crippen LogP) is 2.78. The highest BCUT2D eigenvalue weighted by molar-refractivity contribution is 7.84. The first kappa shape index (κ1) is 12.7. The summed E-state index contributed by atoms with van der Waals surface area (Å²) in [5, 5.41) is 0.481. The van der Waals surface area contributed by atoms with Gasteiger partial charge in [-0.1, -0.05) is 36.4 Å². The second-order valence-corrected chi connectivity index (χ2v) is 5.65. The van der Waals surface area contributed by atoms with Crippen LogP contribution in [-0.2, 0) is 16.6 Å². The largest absolute Gasteiger partial charge is 0.331 e. The Balaban J connectivity index is 1.79. The third-order valence-electron chi connectivity index (χ3n) is 2.86. The van der Waals surface area contributed by atoms with Crippen LogP contribution < -0.4 is 0 Å². The van der Waals surface area contributed by atoms with Crippen molar-refractivity contribution in [2.45, 2.75) is 10.9 Å². The first-order chi connectivity index (χ1) is 9.83. The summed E-state index contributed by atoms with van der Waals surface area (Å²) in [5.74, 6) is 0.364. The number of pyridine rings is 1. The third-order valence-corrected chi connectivity index (χ3v) is 4.05. The fraction of sp³-hybridized carbons (Fsp3) is 0.0667. The molecule has 20 heavy (non-hydrogen) atoms. The summed E-state index contributed by atoms with van der Waals surface area (Å²) in [6.07, 6.45) is 3.41. The molecule has 0 saturated carbocycles. The fourth-order valence-corrected chi connectivity index (χ4v) is 2.84. The van der Waals surface area contributed by atoms with Crippen molar-refractivity contribution in [2.24, 2.45) is 0 Å². The van der Waals surface area contributed by atoms with E-state index in [0.717, 1.165) is 17.0 Å². The zero-order chi connectivity index (χ0) is 13.8. The zero-order valence-corrected chi connectivity index (χ0v) is 11.5. The van der Waals surface area contributed by atoms with Crippen LogP contribution in [0.2, 0.25) is 0 Å².